The largest absolute Gasteiger partial charge is 0.468 e. The quantitative estimate of drug-likeness (QED) is 0.753. The van der Waals surface area contributed by atoms with Crippen LogP contribution in [-0.2, 0) is 11.3 Å². The topological polar surface area (TPSA) is 51.6 Å². The van der Waals surface area contributed by atoms with Gasteiger partial charge in [-0.05, 0) is 32.5 Å². The second-order valence-corrected chi connectivity index (χ2v) is 4.43. The minimum atomic E-state index is -0.141. The fourth-order valence-corrected chi connectivity index (χ4v) is 1.88. The summed E-state index contributed by atoms with van der Waals surface area (Å²) in [6.45, 7) is 9.88. The van der Waals surface area contributed by atoms with E-state index in [2.05, 4.69) is 18.7 Å². The van der Waals surface area contributed by atoms with E-state index in [4.69, 9.17) is 14.9 Å². The average molecular weight is 240 g/mol. The van der Waals surface area contributed by atoms with Crippen molar-refractivity contribution >= 4 is 0 Å². The minimum absolute atomic E-state index is 0.141. The molecule has 0 aliphatic heterocycles. The van der Waals surface area contributed by atoms with Gasteiger partial charge in [-0.1, -0.05) is 6.92 Å². The molecule has 1 rings (SSSR count). The maximum atomic E-state index is 5.90. The Labute approximate surface area is 104 Å². The molecular weight excluding hydrogens is 216 g/mol. The zero-order valence-electron chi connectivity index (χ0n) is 11.1. The van der Waals surface area contributed by atoms with Gasteiger partial charge in [0.25, 0.3) is 0 Å². The Morgan fingerprint density at radius 1 is 1.47 bits per heavy atom. The summed E-state index contributed by atoms with van der Waals surface area (Å²) in [5.74, 6) is 0.961. The van der Waals surface area contributed by atoms with Crippen molar-refractivity contribution in [3.63, 3.8) is 0 Å². The fourth-order valence-electron chi connectivity index (χ4n) is 1.88. The summed E-state index contributed by atoms with van der Waals surface area (Å²) >= 11 is 0. The van der Waals surface area contributed by atoms with Crippen molar-refractivity contribution in [3.8, 4) is 0 Å². The molecule has 0 aromatic carbocycles. The van der Waals surface area contributed by atoms with E-state index in [1.165, 1.54) is 0 Å². The molecular formula is C13H24N2O2. The molecule has 4 heteroatoms. The maximum Gasteiger partial charge on any atom is 0.117 e. The van der Waals surface area contributed by atoms with Crippen LogP contribution >= 0.6 is 0 Å². The van der Waals surface area contributed by atoms with Gasteiger partial charge in [-0.25, -0.2) is 0 Å². The van der Waals surface area contributed by atoms with E-state index in [0.717, 1.165) is 18.8 Å². The van der Waals surface area contributed by atoms with E-state index >= 15 is 0 Å². The van der Waals surface area contributed by atoms with Gasteiger partial charge in [0.1, 0.15) is 5.76 Å². The Hall–Kier alpha value is -0.840. The molecule has 0 bridgehead atoms. The Morgan fingerprint density at radius 2 is 2.24 bits per heavy atom. The van der Waals surface area contributed by atoms with Crippen LogP contribution in [0.1, 0.15) is 26.5 Å². The van der Waals surface area contributed by atoms with Gasteiger partial charge in [-0.3, -0.25) is 4.90 Å². The summed E-state index contributed by atoms with van der Waals surface area (Å²) in [6, 6.07) is 3.89. The molecule has 0 radical (unpaired) electrons. The molecule has 0 saturated carbocycles. The minimum Gasteiger partial charge on any atom is -0.468 e. The zero-order valence-corrected chi connectivity index (χ0v) is 11.1. The van der Waals surface area contributed by atoms with E-state index in [-0.39, 0.29) is 5.54 Å². The number of nitrogens with zero attached hydrogens (tertiary/aromatic N) is 1. The number of rotatable bonds is 8. The standard InChI is InChI=1S/C13H24N2O2/c1-4-15(9-12-7-6-8-17-12)13(3,10-14)11-16-5-2/h6-8H,4-5,9-11,14H2,1-3H3. The summed E-state index contributed by atoms with van der Waals surface area (Å²) in [5, 5.41) is 0. The normalized spacial score (nSPS) is 15.1. The lowest BCUT2D eigenvalue weighted by atomic mass is 10.0. The summed E-state index contributed by atoms with van der Waals surface area (Å²) in [7, 11) is 0. The number of hydrogen-bond donors (Lipinski definition) is 1. The van der Waals surface area contributed by atoms with Gasteiger partial charge in [0.15, 0.2) is 0 Å². The molecule has 0 fully saturated rings. The molecule has 4 nitrogen and oxygen atoms in total. The number of nitrogens with two attached hydrogens (primary N) is 1. The first-order valence-electron chi connectivity index (χ1n) is 6.21. The smallest absolute Gasteiger partial charge is 0.117 e. The van der Waals surface area contributed by atoms with E-state index in [1.807, 2.05) is 19.1 Å². The van der Waals surface area contributed by atoms with Crippen LogP contribution in [0, 0.1) is 0 Å². The first-order chi connectivity index (χ1) is 8.16. The predicted octanol–water partition coefficient (Wildman–Crippen LogP) is 1.86. The SMILES string of the molecule is CCOCC(C)(CN)N(CC)Cc1ccco1. The zero-order chi connectivity index (χ0) is 12.7. The maximum absolute atomic E-state index is 5.90. The van der Waals surface area contributed by atoms with E-state index < -0.39 is 0 Å². The highest BCUT2D eigenvalue weighted by Gasteiger charge is 2.30. The molecule has 0 saturated heterocycles. The Morgan fingerprint density at radius 3 is 2.71 bits per heavy atom. The molecule has 0 amide bonds. The van der Waals surface area contributed by atoms with Crippen LogP contribution in [0.25, 0.3) is 0 Å². The molecule has 0 spiro atoms. The third kappa shape index (κ3) is 3.84. The van der Waals surface area contributed by atoms with Gasteiger partial charge in [0, 0.05) is 13.2 Å². The van der Waals surface area contributed by atoms with Crippen molar-refractivity contribution in [2.75, 3.05) is 26.3 Å². The number of hydrogen-bond acceptors (Lipinski definition) is 4. The van der Waals surface area contributed by atoms with Crippen molar-refractivity contribution in [3.05, 3.63) is 24.2 Å². The van der Waals surface area contributed by atoms with E-state index in [9.17, 15) is 0 Å². The Balaban J connectivity index is 2.68. The summed E-state index contributed by atoms with van der Waals surface area (Å²) in [5.41, 5.74) is 5.76. The summed E-state index contributed by atoms with van der Waals surface area (Å²) in [6.07, 6.45) is 1.70. The van der Waals surface area contributed by atoms with Crippen LogP contribution < -0.4 is 5.73 Å². The molecule has 1 heterocycles. The molecule has 1 atom stereocenters. The highest BCUT2D eigenvalue weighted by molar-refractivity contribution is 5.00. The number of likely N-dealkylation sites (N-methyl/N-ethyl adjacent to an activating group) is 1. The molecule has 2 N–H and O–H groups in total. The Kier molecular flexibility index (Phi) is 5.68. The van der Waals surface area contributed by atoms with Gasteiger partial charge >= 0.3 is 0 Å². The van der Waals surface area contributed by atoms with Crippen LogP contribution in [0.5, 0.6) is 0 Å². The van der Waals surface area contributed by atoms with Crippen LogP contribution in [0.4, 0.5) is 0 Å². The van der Waals surface area contributed by atoms with Crippen molar-refractivity contribution in [2.45, 2.75) is 32.9 Å². The van der Waals surface area contributed by atoms with Gasteiger partial charge in [-0.2, -0.15) is 0 Å². The third-order valence-corrected chi connectivity index (χ3v) is 3.13. The highest BCUT2D eigenvalue weighted by Crippen LogP contribution is 2.18. The average Bonchev–Trinajstić information content (AvgIpc) is 2.86. The molecule has 0 aliphatic carbocycles. The lowest BCUT2D eigenvalue weighted by Gasteiger charge is -2.39. The molecule has 1 unspecified atom stereocenters. The predicted molar refractivity (Wildman–Crippen MR) is 68.7 cm³/mol. The van der Waals surface area contributed by atoms with Gasteiger partial charge in [0.05, 0.1) is 25.0 Å². The highest BCUT2D eigenvalue weighted by atomic mass is 16.5. The lowest BCUT2D eigenvalue weighted by Crippen LogP contribution is -2.54. The van der Waals surface area contributed by atoms with Crippen LogP contribution in [0.15, 0.2) is 22.8 Å². The van der Waals surface area contributed by atoms with Crippen LogP contribution in [0.3, 0.4) is 0 Å². The number of ether oxygens (including phenoxy) is 1. The summed E-state index contributed by atoms with van der Waals surface area (Å²) in [4.78, 5) is 2.29. The first kappa shape index (κ1) is 14.2. The second kappa shape index (κ2) is 6.79. The summed E-state index contributed by atoms with van der Waals surface area (Å²) < 4.78 is 10.9. The molecule has 1 aromatic rings. The van der Waals surface area contributed by atoms with Gasteiger partial charge < -0.3 is 14.9 Å². The molecule has 0 aliphatic rings. The third-order valence-electron chi connectivity index (χ3n) is 3.13. The van der Waals surface area contributed by atoms with Gasteiger partial charge in [0.2, 0.25) is 0 Å². The van der Waals surface area contributed by atoms with Crippen molar-refractivity contribution in [2.24, 2.45) is 5.73 Å². The van der Waals surface area contributed by atoms with Gasteiger partial charge in [-0.15, -0.1) is 0 Å². The molecule has 1 aromatic heterocycles. The van der Waals surface area contributed by atoms with Crippen LogP contribution in [-0.4, -0.2) is 36.7 Å². The molecule has 17 heavy (non-hydrogen) atoms. The van der Waals surface area contributed by atoms with Crippen LogP contribution in [0.2, 0.25) is 0 Å². The molecule has 98 valence electrons. The lowest BCUT2D eigenvalue weighted by molar-refractivity contribution is 0.00533. The van der Waals surface area contributed by atoms with E-state index in [1.54, 1.807) is 6.26 Å². The van der Waals surface area contributed by atoms with E-state index in [0.29, 0.717) is 19.8 Å². The Bertz CT molecular complexity index is 300. The van der Waals surface area contributed by atoms with Crippen molar-refractivity contribution in [1.29, 1.82) is 0 Å². The fraction of sp³-hybridized carbons (Fsp3) is 0.692. The second-order valence-electron chi connectivity index (χ2n) is 4.43. The monoisotopic (exact) mass is 240 g/mol. The van der Waals surface area contributed by atoms with Crippen molar-refractivity contribution < 1.29 is 9.15 Å². The van der Waals surface area contributed by atoms with Crippen molar-refractivity contribution in [1.82, 2.24) is 4.90 Å². The number of furan rings is 1. The first-order valence-corrected chi connectivity index (χ1v) is 6.21.